The largest absolute Gasteiger partial charge is 0.489 e. The van der Waals surface area contributed by atoms with Gasteiger partial charge in [-0.15, -0.1) is 0 Å². The van der Waals surface area contributed by atoms with E-state index < -0.39 is 0 Å². The summed E-state index contributed by atoms with van der Waals surface area (Å²) in [6.45, 7) is 1.80. The number of benzene rings is 2. The standard InChI is InChI=1S/C16H15ClN2O2/c1-12(20)19-18-10-13-5-4-7-15(9-13)21-11-14-6-2-3-8-16(14)17/h2-10H,11H2,1H3,(H,19,20)/b18-10+. The summed E-state index contributed by atoms with van der Waals surface area (Å²) in [5.74, 6) is 0.499. The summed E-state index contributed by atoms with van der Waals surface area (Å²) < 4.78 is 5.71. The predicted molar refractivity (Wildman–Crippen MR) is 83.6 cm³/mol. The van der Waals surface area contributed by atoms with Gasteiger partial charge in [0.1, 0.15) is 12.4 Å². The third kappa shape index (κ3) is 4.93. The van der Waals surface area contributed by atoms with E-state index in [0.717, 1.165) is 11.1 Å². The Hall–Kier alpha value is -2.33. The summed E-state index contributed by atoms with van der Waals surface area (Å²) in [6, 6.07) is 15.0. The van der Waals surface area contributed by atoms with Crippen LogP contribution >= 0.6 is 11.6 Å². The molecule has 2 aromatic rings. The minimum absolute atomic E-state index is 0.211. The lowest BCUT2D eigenvalue weighted by molar-refractivity contribution is -0.118. The van der Waals surface area contributed by atoms with Crippen molar-refractivity contribution in [3.8, 4) is 5.75 Å². The number of hydrogen-bond donors (Lipinski definition) is 1. The highest BCUT2D eigenvalue weighted by molar-refractivity contribution is 6.31. The van der Waals surface area contributed by atoms with Crippen molar-refractivity contribution >= 4 is 23.7 Å². The van der Waals surface area contributed by atoms with Crippen molar-refractivity contribution in [2.45, 2.75) is 13.5 Å². The highest BCUT2D eigenvalue weighted by Gasteiger charge is 2.01. The first-order valence-electron chi connectivity index (χ1n) is 6.41. The predicted octanol–water partition coefficient (Wildman–Crippen LogP) is 3.39. The molecule has 0 saturated carbocycles. The van der Waals surface area contributed by atoms with Crippen molar-refractivity contribution in [2.24, 2.45) is 5.10 Å². The lowest BCUT2D eigenvalue weighted by Crippen LogP contribution is -2.12. The van der Waals surface area contributed by atoms with E-state index in [9.17, 15) is 4.79 Å². The molecule has 0 aliphatic rings. The summed E-state index contributed by atoms with van der Waals surface area (Å²) in [5.41, 5.74) is 4.11. The van der Waals surface area contributed by atoms with Crippen LogP contribution in [0.3, 0.4) is 0 Å². The van der Waals surface area contributed by atoms with E-state index in [-0.39, 0.29) is 5.91 Å². The number of nitrogens with zero attached hydrogens (tertiary/aromatic N) is 1. The fourth-order valence-electron chi connectivity index (χ4n) is 1.66. The average Bonchev–Trinajstić information content (AvgIpc) is 2.46. The smallest absolute Gasteiger partial charge is 0.236 e. The van der Waals surface area contributed by atoms with Crippen LogP contribution in [0.1, 0.15) is 18.1 Å². The van der Waals surface area contributed by atoms with E-state index in [0.29, 0.717) is 17.4 Å². The van der Waals surface area contributed by atoms with E-state index in [2.05, 4.69) is 10.5 Å². The molecule has 1 N–H and O–H groups in total. The molecule has 0 aliphatic carbocycles. The van der Waals surface area contributed by atoms with Crippen molar-refractivity contribution in [3.05, 3.63) is 64.7 Å². The van der Waals surface area contributed by atoms with E-state index in [1.54, 1.807) is 6.21 Å². The minimum atomic E-state index is -0.211. The van der Waals surface area contributed by atoms with Crippen LogP contribution in [0.5, 0.6) is 5.75 Å². The lowest BCUT2D eigenvalue weighted by Gasteiger charge is -2.08. The Labute approximate surface area is 128 Å². The number of hydrazone groups is 1. The summed E-state index contributed by atoms with van der Waals surface area (Å²) in [6.07, 6.45) is 1.56. The van der Waals surface area contributed by atoms with Crippen LogP contribution in [0.15, 0.2) is 53.6 Å². The van der Waals surface area contributed by atoms with Crippen LogP contribution in [0.2, 0.25) is 5.02 Å². The first-order valence-corrected chi connectivity index (χ1v) is 6.79. The summed E-state index contributed by atoms with van der Waals surface area (Å²) in [7, 11) is 0. The zero-order valence-corrected chi connectivity index (χ0v) is 12.3. The molecule has 0 aliphatic heterocycles. The molecule has 108 valence electrons. The maximum absolute atomic E-state index is 10.7. The average molecular weight is 303 g/mol. The molecule has 0 saturated heterocycles. The van der Waals surface area contributed by atoms with Gasteiger partial charge in [-0.1, -0.05) is 41.9 Å². The molecule has 0 aromatic heterocycles. The Morgan fingerprint density at radius 1 is 1.29 bits per heavy atom. The van der Waals surface area contributed by atoms with Gasteiger partial charge in [0.15, 0.2) is 0 Å². The Balaban J connectivity index is 1.99. The molecule has 0 heterocycles. The molecule has 1 amide bonds. The lowest BCUT2D eigenvalue weighted by atomic mass is 10.2. The normalized spacial score (nSPS) is 10.6. The fraction of sp³-hybridized carbons (Fsp3) is 0.125. The second-order valence-electron chi connectivity index (χ2n) is 4.38. The van der Waals surface area contributed by atoms with Crippen molar-refractivity contribution < 1.29 is 9.53 Å². The Morgan fingerprint density at radius 2 is 2.10 bits per heavy atom. The molecule has 21 heavy (non-hydrogen) atoms. The molecule has 2 aromatic carbocycles. The topological polar surface area (TPSA) is 50.7 Å². The van der Waals surface area contributed by atoms with Gasteiger partial charge >= 0.3 is 0 Å². The van der Waals surface area contributed by atoms with E-state index in [1.165, 1.54) is 6.92 Å². The molecule has 0 unspecified atom stereocenters. The molecule has 0 radical (unpaired) electrons. The summed E-state index contributed by atoms with van der Waals surface area (Å²) >= 11 is 6.08. The third-order valence-electron chi connectivity index (χ3n) is 2.65. The van der Waals surface area contributed by atoms with Gasteiger partial charge in [-0.2, -0.15) is 5.10 Å². The molecular formula is C16H15ClN2O2. The molecule has 0 atom stereocenters. The SMILES string of the molecule is CC(=O)N/N=C/c1cccc(OCc2ccccc2Cl)c1. The van der Waals surface area contributed by atoms with Crippen molar-refractivity contribution in [1.82, 2.24) is 5.43 Å². The number of amides is 1. The van der Waals surface area contributed by atoms with Crippen LogP contribution in [0.4, 0.5) is 0 Å². The van der Waals surface area contributed by atoms with Gasteiger partial charge in [0.25, 0.3) is 0 Å². The van der Waals surface area contributed by atoms with E-state index >= 15 is 0 Å². The molecule has 5 heteroatoms. The van der Waals surface area contributed by atoms with Crippen LogP contribution < -0.4 is 10.2 Å². The van der Waals surface area contributed by atoms with Gasteiger partial charge < -0.3 is 4.74 Å². The Morgan fingerprint density at radius 3 is 2.86 bits per heavy atom. The number of nitrogens with one attached hydrogen (secondary N) is 1. The third-order valence-corrected chi connectivity index (χ3v) is 3.01. The Kier molecular flexibility index (Phi) is 5.35. The second kappa shape index (κ2) is 7.45. The van der Waals surface area contributed by atoms with Crippen LogP contribution in [0.25, 0.3) is 0 Å². The van der Waals surface area contributed by atoms with Crippen LogP contribution in [-0.2, 0) is 11.4 Å². The number of carbonyl (C=O) groups is 1. The minimum Gasteiger partial charge on any atom is -0.489 e. The number of ether oxygens (including phenoxy) is 1. The summed E-state index contributed by atoms with van der Waals surface area (Å²) in [5, 5.41) is 4.49. The molecule has 0 bridgehead atoms. The van der Waals surface area contributed by atoms with Crippen LogP contribution in [0, 0.1) is 0 Å². The monoisotopic (exact) mass is 302 g/mol. The number of halogens is 1. The second-order valence-corrected chi connectivity index (χ2v) is 4.79. The quantitative estimate of drug-likeness (QED) is 0.680. The first-order chi connectivity index (χ1) is 10.1. The number of carbonyl (C=O) groups excluding carboxylic acids is 1. The van der Waals surface area contributed by atoms with Crippen molar-refractivity contribution in [1.29, 1.82) is 0 Å². The Bertz CT molecular complexity index is 656. The van der Waals surface area contributed by atoms with E-state index in [4.69, 9.17) is 16.3 Å². The first kappa shape index (κ1) is 15.1. The molecular weight excluding hydrogens is 288 g/mol. The molecule has 0 spiro atoms. The van der Waals surface area contributed by atoms with Crippen molar-refractivity contribution in [3.63, 3.8) is 0 Å². The van der Waals surface area contributed by atoms with Crippen LogP contribution in [-0.4, -0.2) is 12.1 Å². The highest BCUT2D eigenvalue weighted by atomic mass is 35.5. The number of hydrogen-bond acceptors (Lipinski definition) is 3. The highest BCUT2D eigenvalue weighted by Crippen LogP contribution is 2.19. The maximum atomic E-state index is 10.7. The molecule has 0 fully saturated rings. The molecule has 2 rings (SSSR count). The van der Waals surface area contributed by atoms with Gasteiger partial charge in [0.05, 0.1) is 6.21 Å². The van der Waals surface area contributed by atoms with E-state index in [1.807, 2.05) is 48.5 Å². The van der Waals surface area contributed by atoms with Gasteiger partial charge in [0, 0.05) is 17.5 Å². The van der Waals surface area contributed by atoms with Gasteiger partial charge in [0.2, 0.25) is 5.91 Å². The molecule has 4 nitrogen and oxygen atoms in total. The van der Waals surface area contributed by atoms with Crippen molar-refractivity contribution in [2.75, 3.05) is 0 Å². The fourth-order valence-corrected chi connectivity index (χ4v) is 1.85. The number of rotatable bonds is 5. The van der Waals surface area contributed by atoms with Gasteiger partial charge in [-0.25, -0.2) is 5.43 Å². The zero-order valence-electron chi connectivity index (χ0n) is 11.5. The summed E-state index contributed by atoms with van der Waals surface area (Å²) in [4.78, 5) is 10.7. The maximum Gasteiger partial charge on any atom is 0.236 e. The van der Waals surface area contributed by atoms with Gasteiger partial charge in [-0.3, -0.25) is 4.79 Å². The van der Waals surface area contributed by atoms with Gasteiger partial charge in [-0.05, 0) is 23.8 Å². The zero-order chi connectivity index (χ0) is 15.1.